The molecule has 0 saturated carbocycles. The van der Waals surface area contributed by atoms with Gasteiger partial charge in [0.2, 0.25) is 5.91 Å². The van der Waals surface area contributed by atoms with Gasteiger partial charge in [0.15, 0.2) is 11.5 Å². The molecule has 0 unspecified atom stereocenters. The summed E-state index contributed by atoms with van der Waals surface area (Å²) in [6, 6.07) is 10.4. The fraction of sp³-hybridized carbons (Fsp3) is 0.458. The quantitative estimate of drug-likeness (QED) is 0.660. The van der Waals surface area contributed by atoms with Gasteiger partial charge in [0.05, 0.1) is 20.3 Å². The van der Waals surface area contributed by atoms with Crippen LogP contribution in [-0.4, -0.2) is 51.3 Å². The topological polar surface area (TPSA) is 60.0 Å². The molecule has 0 aliphatic carbocycles. The van der Waals surface area contributed by atoms with Gasteiger partial charge in [-0.3, -0.25) is 9.69 Å². The Balaban J connectivity index is 2.00. The fourth-order valence-electron chi connectivity index (χ4n) is 4.29. The number of hydrogen-bond donors (Lipinski definition) is 1. The van der Waals surface area contributed by atoms with Crippen LogP contribution in [0.3, 0.4) is 0 Å². The zero-order valence-electron chi connectivity index (χ0n) is 18.6. The van der Waals surface area contributed by atoms with Gasteiger partial charge in [-0.05, 0) is 53.8 Å². The summed E-state index contributed by atoms with van der Waals surface area (Å²) in [5.74, 6) is 0.958. The maximum atomic E-state index is 13.4. The van der Waals surface area contributed by atoms with Crippen LogP contribution in [-0.2, 0) is 22.5 Å². The molecule has 0 bridgehead atoms. The number of nitrogens with one attached hydrogen (secondary N) is 1. The van der Waals surface area contributed by atoms with Crippen molar-refractivity contribution >= 4 is 5.91 Å². The molecule has 0 aromatic heterocycles. The van der Waals surface area contributed by atoms with E-state index in [4.69, 9.17) is 14.2 Å². The van der Waals surface area contributed by atoms with E-state index < -0.39 is 0 Å². The molecule has 0 fully saturated rings. The van der Waals surface area contributed by atoms with Crippen LogP contribution in [0.1, 0.15) is 36.1 Å². The number of carbonyl (C=O) groups is 1. The van der Waals surface area contributed by atoms with Gasteiger partial charge in [-0.2, -0.15) is 0 Å². The van der Waals surface area contributed by atoms with Gasteiger partial charge in [-0.25, -0.2) is 4.39 Å². The molecule has 1 heterocycles. The third-order valence-electron chi connectivity index (χ3n) is 5.77. The standard InChI is InChI=1S/C24H31FN2O4/c1-5-20(26-23(28)15-29-2)24-19-13-22(31-4)21(30-3)12-17(19)10-11-27(24)14-16-6-8-18(25)9-7-16/h6-9,12-13,20,24H,5,10-11,14-15H2,1-4H3,(H,26,28)/t20-,24-/m0/s1. The van der Waals surface area contributed by atoms with Crippen LogP contribution in [0, 0.1) is 5.82 Å². The molecule has 1 amide bonds. The highest BCUT2D eigenvalue weighted by atomic mass is 19.1. The molecule has 0 radical (unpaired) electrons. The van der Waals surface area contributed by atoms with Crippen LogP contribution >= 0.6 is 0 Å². The molecule has 0 spiro atoms. The van der Waals surface area contributed by atoms with Crippen LogP contribution < -0.4 is 14.8 Å². The summed E-state index contributed by atoms with van der Waals surface area (Å²) in [6.07, 6.45) is 1.59. The SMILES string of the molecule is CC[C@H](NC(=O)COC)[C@@H]1c2cc(OC)c(OC)cc2CCN1Cc1ccc(F)cc1. The average molecular weight is 431 g/mol. The summed E-state index contributed by atoms with van der Waals surface area (Å²) >= 11 is 0. The first-order chi connectivity index (χ1) is 15.0. The Labute approximate surface area is 183 Å². The zero-order valence-corrected chi connectivity index (χ0v) is 18.6. The van der Waals surface area contributed by atoms with E-state index >= 15 is 0 Å². The third kappa shape index (κ3) is 5.35. The van der Waals surface area contributed by atoms with Crippen molar-refractivity contribution in [2.75, 3.05) is 34.5 Å². The summed E-state index contributed by atoms with van der Waals surface area (Å²) in [4.78, 5) is 14.7. The lowest BCUT2D eigenvalue weighted by molar-refractivity contribution is -0.126. The van der Waals surface area contributed by atoms with E-state index in [1.807, 2.05) is 12.1 Å². The molecule has 2 aromatic rings. The van der Waals surface area contributed by atoms with Gasteiger partial charge in [0, 0.05) is 26.2 Å². The van der Waals surface area contributed by atoms with Gasteiger partial charge in [0.25, 0.3) is 0 Å². The van der Waals surface area contributed by atoms with Crippen LogP contribution in [0.15, 0.2) is 36.4 Å². The lowest BCUT2D eigenvalue weighted by Gasteiger charge is -2.42. The predicted molar refractivity (Wildman–Crippen MR) is 117 cm³/mol. The molecular formula is C24H31FN2O4. The number of ether oxygens (including phenoxy) is 3. The molecule has 7 heteroatoms. The highest BCUT2D eigenvalue weighted by molar-refractivity contribution is 5.77. The minimum absolute atomic E-state index is 0.0139. The number of hydrogen-bond acceptors (Lipinski definition) is 5. The minimum Gasteiger partial charge on any atom is -0.493 e. The second-order valence-electron chi connectivity index (χ2n) is 7.71. The number of carbonyl (C=O) groups excluding carboxylic acids is 1. The van der Waals surface area contributed by atoms with Crippen molar-refractivity contribution in [2.45, 2.75) is 38.4 Å². The van der Waals surface area contributed by atoms with Gasteiger partial charge < -0.3 is 19.5 Å². The van der Waals surface area contributed by atoms with Crippen molar-refractivity contribution in [1.29, 1.82) is 0 Å². The average Bonchev–Trinajstić information content (AvgIpc) is 2.78. The smallest absolute Gasteiger partial charge is 0.246 e. The van der Waals surface area contributed by atoms with Gasteiger partial charge in [-0.1, -0.05) is 19.1 Å². The maximum Gasteiger partial charge on any atom is 0.246 e. The number of fused-ring (bicyclic) bond motifs is 1. The van der Waals surface area contributed by atoms with E-state index in [0.29, 0.717) is 18.0 Å². The minimum atomic E-state index is -0.251. The summed E-state index contributed by atoms with van der Waals surface area (Å²) in [5.41, 5.74) is 3.31. The fourth-order valence-corrected chi connectivity index (χ4v) is 4.29. The number of rotatable bonds is 9. The largest absolute Gasteiger partial charge is 0.493 e. The van der Waals surface area contributed by atoms with Crippen molar-refractivity contribution in [2.24, 2.45) is 0 Å². The second kappa shape index (κ2) is 10.6. The van der Waals surface area contributed by atoms with E-state index in [2.05, 4.69) is 17.1 Å². The number of methoxy groups -OCH3 is 3. The number of halogens is 1. The predicted octanol–water partition coefficient (Wildman–Crippen LogP) is 3.48. The molecule has 1 aliphatic heterocycles. The van der Waals surface area contributed by atoms with E-state index in [-0.39, 0.29) is 30.4 Å². The summed E-state index contributed by atoms with van der Waals surface area (Å²) in [5, 5.41) is 3.13. The number of nitrogens with zero attached hydrogens (tertiary/aromatic N) is 1. The molecule has 31 heavy (non-hydrogen) atoms. The van der Waals surface area contributed by atoms with Crippen molar-refractivity contribution < 1.29 is 23.4 Å². The molecule has 1 N–H and O–H groups in total. The lowest BCUT2D eigenvalue weighted by Crippen LogP contribution is -2.49. The number of amides is 1. The molecule has 0 saturated heterocycles. The first-order valence-corrected chi connectivity index (χ1v) is 10.5. The Morgan fingerprint density at radius 1 is 1.16 bits per heavy atom. The van der Waals surface area contributed by atoms with E-state index in [0.717, 1.165) is 30.5 Å². The molecule has 6 nitrogen and oxygen atoms in total. The lowest BCUT2D eigenvalue weighted by atomic mass is 9.86. The Bertz CT molecular complexity index is 888. The Morgan fingerprint density at radius 2 is 1.84 bits per heavy atom. The second-order valence-corrected chi connectivity index (χ2v) is 7.71. The van der Waals surface area contributed by atoms with Crippen LogP contribution in [0.25, 0.3) is 0 Å². The summed E-state index contributed by atoms with van der Waals surface area (Å²) in [7, 11) is 4.76. The van der Waals surface area contributed by atoms with Crippen LogP contribution in [0.4, 0.5) is 4.39 Å². The molecule has 168 valence electrons. The highest BCUT2D eigenvalue weighted by Gasteiger charge is 2.35. The monoisotopic (exact) mass is 430 g/mol. The highest BCUT2D eigenvalue weighted by Crippen LogP contribution is 2.40. The Morgan fingerprint density at radius 3 is 2.45 bits per heavy atom. The molecule has 2 aromatic carbocycles. The molecule has 3 rings (SSSR count). The zero-order chi connectivity index (χ0) is 22.4. The Kier molecular flexibility index (Phi) is 7.87. The van der Waals surface area contributed by atoms with Crippen molar-refractivity contribution in [3.05, 3.63) is 58.9 Å². The van der Waals surface area contributed by atoms with Crippen LogP contribution in [0.5, 0.6) is 11.5 Å². The van der Waals surface area contributed by atoms with E-state index in [1.54, 1.807) is 26.4 Å². The maximum absolute atomic E-state index is 13.4. The van der Waals surface area contributed by atoms with E-state index in [9.17, 15) is 9.18 Å². The van der Waals surface area contributed by atoms with Crippen molar-refractivity contribution in [3.8, 4) is 11.5 Å². The summed E-state index contributed by atoms with van der Waals surface area (Å²) < 4.78 is 29.5. The number of benzene rings is 2. The normalized spacial score (nSPS) is 17.0. The van der Waals surface area contributed by atoms with E-state index in [1.165, 1.54) is 24.8 Å². The molecule has 2 atom stereocenters. The van der Waals surface area contributed by atoms with Gasteiger partial charge >= 0.3 is 0 Å². The third-order valence-corrected chi connectivity index (χ3v) is 5.77. The van der Waals surface area contributed by atoms with Crippen LogP contribution in [0.2, 0.25) is 0 Å². The van der Waals surface area contributed by atoms with Gasteiger partial charge in [0.1, 0.15) is 12.4 Å². The first-order valence-electron chi connectivity index (χ1n) is 10.5. The Hall–Kier alpha value is -2.64. The van der Waals surface area contributed by atoms with Crippen molar-refractivity contribution in [3.63, 3.8) is 0 Å². The first kappa shape index (κ1) is 23.0. The van der Waals surface area contributed by atoms with Crippen molar-refractivity contribution in [1.82, 2.24) is 10.2 Å². The molecule has 1 aliphatic rings. The van der Waals surface area contributed by atoms with Gasteiger partial charge in [-0.15, -0.1) is 0 Å². The summed E-state index contributed by atoms with van der Waals surface area (Å²) in [6.45, 7) is 3.53. The molecular weight excluding hydrogens is 399 g/mol.